The molecule has 1 rings (SSSR count). The molecule has 0 atom stereocenters. The molecule has 19 heavy (non-hydrogen) atoms. The molecule has 0 aromatic heterocycles. The topological polar surface area (TPSA) is 21.3 Å². The summed E-state index contributed by atoms with van der Waals surface area (Å²) in [5.74, 6) is 0.915. The summed E-state index contributed by atoms with van der Waals surface area (Å²) in [6, 6.07) is 8.62. The van der Waals surface area contributed by atoms with Crippen LogP contribution in [0.2, 0.25) is 0 Å². The van der Waals surface area contributed by atoms with Gasteiger partial charge in [0.15, 0.2) is 0 Å². The highest BCUT2D eigenvalue weighted by Gasteiger charge is 2.02. The number of nitrogens with one attached hydrogen (secondary N) is 1. The van der Waals surface area contributed by atoms with Crippen LogP contribution >= 0.6 is 0 Å². The van der Waals surface area contributed by atoms with Crippen molar-refractivity contribution in [3.63, 3.8) is 0 Å². The van der Waals surface area contributed by atoms with Crippen LogP contribution in [0.25, 0.3) is 6.08 Å². The molecule has 0 aliphatic carbocycles. The first-order valence-electron chi connectivity index (χ1n) is 6.93. The Balaban J connectivity index is 2.84. The molecule has 0 unspecified atom stereocenters. The summed E-state index contributed by atoms with van der Waals surface area (Å²) >= 11 is 0. The average molecular weight is 259 g/mol. The molecule has 2 heteroatoms. The predicted molar refractivity (Wildman–Crippen MR) is 83.5 cm³/mol. The molecule has 0 aliphatic rings. The molecule has 0 radical (unpaired) electrons. The van der Waals surface area contributed by atoms with Crippen LogP contribution in [0, 0.1) is 0 Å². The smallest absolute Gasteiger partial charge is 0.126 e. The van der Waals surface area contributed by atoms with E-state index in [1.54, 1.807) is 6.08 Å². The zero-order valence-electron chi connectivity index (χ0n) is 12.3. The Hall–Kier alpha value is -1.54. The van der Waals surface area contributed by atoms with Crippen LogP contribution in [-0.4, -0.2) is 19.2 Å². The van der Waals surface area contributed by atoms with Crippen molar-refractivity contribution >= 4 is 6.08 Å². The standard InChI is InChI=1S/C17H25NO/c1-5-11-19-17-10-8-7-9-16(17)12-15(6-2)13-18-14(3)4/h5,7-10,12,14,18H,1,6,11,13H2,2-4H3. The van der Waals surface area contributed by atoms with E-state index in [0.29, 0.717) is 12.6 Å². The fraction of sp³-hybridized carbons (Fsp3) is 0.412. The van der Waals surface area contributed by atoms with E-state index >= 15 is 0 Å². The van der Waals surface area contributed by atoms with Crippen molar-refractivity contribution in [3.05, 3.63) is 48.1 Å². The van der Waals surface area contributed by atoms with Gasteiger partial charge in [-0.3, -0.25) is 0 Å². The van der Waals surface area contributed by atoms with E-state index in [0.717, 1.165) is 24.3 Å². The summed E-state index contributed by atoms with van der Waals surface area (Å²) in [6.07, 6.45) is 5.02. The van der Waals surface area contributed by atoms with Crippen LogP contribution in [0.15, 0.2) is 42.5 Å². The molecule has 0 heterocycles. The Morgan fingerprint density at radius 2 is 2.11 bits per heavy atom. The molecule has 0 spiro atoms. The molecule has 0 fully saturated rings. The van der Waals surface area contributed by atoms with Gasteiger partial charge in [-0.1, -0.05) is 63.3 Å². The van der Waals surface area contributed by atoms with Gasteiger partial charge in [0.05, 0.1) is 0 Å². The minimum Gasteiger partial charge on any atom is -0.489 e. The maximum atomic E-state index is 5.67. The molecule has 0 saturated carbocycles. The Morgan fingerprint density at radius 1 is 1.37 bits per heavy atom. The second-order valence-electron chi connectivity index (χ2n) is 4.83. The van der Waals surface area contributed by atoms with Crippen molar-refractivity contribution in [1.29, 1.82) is 0 Å². The van der Waals surface area contributed by atoms with Gasteiger partial charge in [0.1, 0.15) is 12.4 Å². The van der Waals surface area contributed by atoms with Gasteiger partial charge < -0.3 is 10.1 Å². The second-order valence-corrected chi connectivity index (χ2v) is 4.83. The first-order valence-corrected chi connectivity index (χ1v) is 6.93. The van der Waals surface area contributed by atoms with Crippen molar-refractivity contribution in [2.24, 2.45) is 0 Å². The van der Waals surface area contributed by atoms with Gasteiger partial charge in [-0.25, -0.2) is 0 Å². The van der Waals surface area contributed by atoms with E-state index in [2.05, 4.69) is 44.8 Å². The van der Waals surface area contributed by atoms with Crippen LogP contribution in [-0.2, 0) is 0 Å². The third-order valence-electron chi connectivity index (χ3n) is 2.83. The lowest BCUT2D eigenvalue weighted by atomic mass is 10.1. The van der Waals surface area contributed by atoms with Gasteiger partial charge in [0.2, 0.25) is 0 Å². The normalized spacial score (nSPS) is 11.7. The summed E-state index contributed by atoms with van der Waals surface area (Å²) in [4.78, 5) is 0. The number of ether oxygens (including phenoxy) is 1. The highest BCUT2D eigenvalue weighted by molar-refractivity contribution is 5.60. The van der Waals surface area contributed by atoms with E-state index in [1.165, 1.54) is 5.57 Å². The Kier molecular flexibility index (Phi) is 6.98. The minimum absolute atomic E-state index is 0.502. The van der Waals surface area contributed by atoms with Crippen molar-refractivity contribution in [3.8, 4) is 5.75 Å². The zero-order valence-corrected chi connectivity index (χ0v) is 12.3. The zero-order chi connectivity index (χ0) is 14.1. The summed E-state index contributed by atoms with van der Waals surface area (Å²) in [6.45, 7) is 11.6. The van der Waals surface area contributed by atoms with Crippen molar-refractivity contribution in [1.82, 2.24) is 5.32 Å². The van der Waals surface area contributed by atoms with Crippen LogP contribution < -0.4 is 10.1 Å². The van der Waals surface area contributed by atoms with Crippen LogP contribution in [0.4, 0.5) is 0 Å². The summed E-state index contributed by atoms with van der Waals surface area (Å²) in [5.41, 5.74) is 2.51. The quantitative estimate of drug-likeness (QED) is 0.711. The van der Waals surface area contributed by atoms with Crippen LogP contribution in [0.5, 0.6) is 5.75 Å². The Morgan fingerprint density at radius 3 is 2.74 bits per heavy atom. The van der Waals surface area contributed by atoms with Crippen molar-refractivity contribution in [2.45, 2.75) is 33.2 Å². The van der Waals surface area contributed by atoms with Gasteiger partial charge in [-0.2, -0.15) is 0 Å². The Bertz CT molecular complexity index is 421. The van der Waals surface area contributed by atoms with Crippen LogP contribution in [0.3, 0.4) is 0 Å². The SMILES string of the molecule is C=CCOc1ccccc1C=C(CC)CNC(C)C. The molecule has 104 valence electrons. The summed E-state index contributed by atoms with van der Waals surface area (Å²) in [7, 11) is 0. The fourth-order valence-electron chi connectivity index (χ4n) is 1.71. The first-order chi connectivity index (χ1) is 9.17. The highest BCUT2D eigenvalue weighted by Crippen LogP contribution is 2.21. The molecule has 0 bridgehead atoms. The lowest BCUT2D eigenvalue weighted by Gasteiger charge is -2.12. The molecule has 0 saturated heterocycles. The molecule has 1 aromatic rings. The fourth-order valence-corrected chi connectivity index (χ4v) is 1.71. The Labute approximate surface area is 117 Å². The summed E-state index contributed by atoms with van der Waals surface area (Å²) in [5, 5.41) is 3.45. The molecule has 0 amide bonds. The van der Waals surface area contributed by atoms with E-state index < -0.39 is 0 Å². The molecule has 2 nitrogen and oxygen atoms in total. The average Bonchev–Trinajstić information content (AvgIpc) is 2.42. The van der Waals surface area contributed by atoms with E-state index in [9.17, 15) is 0 Å². The van der Waals surface area contributed by atoms with E-state index in [-0.39, 0.29) is 0 Å². The maximum Gasteiger partial charge on any atom is 0.126 e. The molecular formula is C17H25NO. The number of hydrogen-bond donors (Lipinski definition) is 1. The van der Waals surface area contributed by atoms with E-state index in [4.69, 9.17) is 4.74 Å². The first kappa shape index (κ1) is 15.5. The third kappa shape index (κ3) is 5.75. The number of para-hydroxylation sites is 1. The number of hydrogen-bond acceptors (Lipinski definition) is 2. The minimum atomic E-state index is 0.502. The number of rotatable bonds is 8. The highest BCUT2D eigenvalue weighted by atomic mass is 16.5. The maximum absolute atomic E-state index is 5.67. The van der Waals surface area contributed by atoms with Gasteiger partial charge >= 0.3 is 0 Å². The van der Waals surface area contributed by atoms with Gasteiger partial charge in [-0.05, 0) is 12.5 Å². The molecule has 0 aliphatic heterocycles. The van der Waals surface area contributed by atoms with Crippen molar-refractivity contribution in [2.75, 3.05) is 13.2 Å². The largest absolute Gasteiger partial charge is 0.489 e. The van der Waals surface area contributed by atoms with E-state index in [1.807, 2.05) is 18.2 Å². The molecular weight excluding hydrogens is 234 g/mol. The molecule has 1 N–H and O–H groups in total. The lowest BCUT2D eigenvalue weighted by molar-refractivity contribution is 0.362. The van der Waals surface area contributed by atoms with Gasteiger partial charge in [0.25, 0.3) is 0 Å². The van der Waals surface area contributed by atoms with Gasteiger partial charge in [0, 0.05) is 18.2 Å². The number of benzene rings is 1. The van der Waals surface area contributed by atoms with Crippen molar-refractivity contribution < 1.29 is 4.74 Å². The second kappa shape index (κ2) is 8.54. The predicted octanol–water partition coefficient (Wildman–Crippen LogP) is 4.04. The van der Waals surface area contributed by atoms with Gasteiger partial charge in [-0.15, -0.1) is 0 Å². The lowest BCUT2D eigenvalue weighted by Crippen LogP contribution is -2.24. The molecule has 1 aromatic carbocycles. The third-order valence-corrected chi connectivity index (χ3v) is 2.83. The summed E-state index contributed by atoms with van der Waals surface area (Å²) < 4.78 is 5.67. The monoisotopic (exact) mass is 259 g/mol. The van der Waals surface area contributed by atoms with Crippen LogP contribution in [0.1, 0.15) is 32.8 Å².